The Morgan fingerprint density at radius 3 is 2.60 bits per heavy atom. The Morgan fingerprint density at radius 1 is 1.14 bits per heavy atom. The van der Waals surface area contributed by atoms with Gasteiger partial charge in [-0.1, -0.05) is 67.6 Å². The summed E-state index contributed by atoms with van der Waals surface area (Å²) in [4.78, 5) is 28.5. The largest absolute Gasteiger partial charge is 0.497 e. The van der Waals surface area contributed by atoms with Crippen molar-refractivity contribution >= 4 is 46.8 Å². The average molecular weight is 538 g/mol. The zero-order chi connectivity index (χ0) is 25.2. The average Bonchev–Trinajstić information content (AvgIpc) is 2.86. The number of hydrogen-bond acceptors (Lipinski definition) is 4. The number of nitrogens with one attached hydrogen (secondary N) is 1. The Labute approximate surface area is 222 Å². The summed E-state index contributed by atoms with van der Waals surface area (Å²) in [7, 11) is 1.62. The van der Waals surface area contributed by atoms with Crippen molar-refractivity contribution in [1.29, 1.82) is 0 Å². The standard InChI is InChI=1S/C27H34Cl2N2O3S/c1-3-25(27(33)30-22-9-5-4-6-10-22)31(16-19-8-7-11-23(14-19)34-2)26(32)18-35-17-20-12-13-21(28)15-24(20)29/h7-8,11-15,22,25H,3-6,9-10,16-18H2,1-2H3,(H,30,33)/t25-/m1/s1. The van der Waals surface area contributed by atoms with Crippen molar-refractivity contribution in [1.82, 2.24) is 10.2 Å². The van der Waals surface area contributed by atoms with E-state index < -0.39 is 6.04 Å². The summed E-state index contributed by atoms with van der Waals surface area (Å²) in [6, 6.07) is 12.7. The summed E-state index contributed by atoms with van der Waals surface area (Å²) in [5.74, 6) is 1.41. The number of halogens is 2. The van der Waals surface area contributed by atoms with Crippen LogP contribution in [0.3, 0.4) is 0 Å². The minimum absolute atomic E-state index is 0.0682. The molecule has 0 heterocycles. The van der Waals surface area contributed by atoms with Crippen LogP contribution >= 0.6 is 35.0 Å². The van der Waals surface area contributed by atoms with Crippen molar-refractivity contribution in [3.05, 3.63) is 63.6 Å². The van der Waals surface area contributed by atoms with Crippen LogP contribution < -0.4 is 10.1 Å². The van der Waals surface area contributed by atoms with E-state index in [1.54, 1.807) is 24.1 Å². The van der Waals surface area contributed by atoms with E-state index in [1.807, 2.05) is 37.3 Å². The second-order valence-electron chi connectivity index (χ2n) is 8.87. The lowest BCUT2D eigenvalue weighted by atomic mass is 9.95. The van der Waals surface area contributed by atoms with Crippen molar-refractivity contribution in [2.75, 3.05) is 12.9 Å². The van der Waals surface area contributed by atoms with Gasteiger partial charge in [0.2, 0.25) is 11.8 Å². The Bertz CT molecular complexity index is 998. The molecule has 35 heavy (non-hydrogen) atoms. The van der Waals surface area contributed by atoms with Gasteiger partial charge in [0.05, 0.1) is 12.9 Å². The molecule has 2 aromatic carbocycles. The number of amides is 2. The van der Waals surface area contributed by atoms with Gasteiger partial charge in [0.15, 0.2) is 0 Å². The Balaban J connectivity index is 1.73. The van der Waals surface area contributed by atoms with Gasteiger partial charge in [0, 0.05) is 28.4 Å². The van der Waals surface area contributed by atoms with Crippen LogP contribution in [-0.4, -0.2) is 41.7 Å². The van der Waals surface area contributed by atoms with Crippen LogP contribution in [0.4, 0.5) is 0 Å². The highest BCUT2D eigenvalue weighted by atomic mass is 35.5. The van der Waals surface area contributed by atoms with E-state index in [4.69, 9.17) is 27.9 Å². The fourth-order valence-electron chi connectivity index (χ4n) is 4.40. The van der Waals surface area contributed by atoms with Gasteiger partial charge >= 0.3 is 0 Å². The van der Waals surface area contributed by atoms with E-state index in [-0.39, 0.29) is 23.6 Å². The van der Waals surface area contributed by atoms with Crippen molar-refractivity contribution in [3.63, 3.8) is 0 Å². The molecule has 0 unspecified atom stereocenters. The third-order valence-electron chi connectivity index (χ3n) is 6.32. The number of methoxy groups -OCH3 is 1. The quantitative estimate of drug-likeness (QED) is 0.356. The van der Waals surface area contributed by atoms with Crippen LogP contribution in [0.2, 0.25) is 10.0 Å². The molecule has 0 radical (unpaired) electrons. The fourth-order valence-corrected chi connectivity index (χ4v) is 5.87. The molecule has 2 amide bonds. The molecule has 0 spiro atoms. The molecule has 0 saturated heterocycles. The molecule has 2 aromatic rings. The number of carbonyl (C=O) groups excluding carboxylic acids is 2. The molecule has 1 fully saturated rings. The predicted molar refractivity (Wildman–Crippen MR) is 145 cm³/mol. The van der Waals surface area contributed by atoms with Crippen molar-refractivity contribution < 1.29 is 14.3 Å². The van der Waals surface area contributed by atoms with Crippen LogP contribution in [0.15, 0.2) is 42.5 Å². The van der Waals surface area contributed by atoms with Crippen LogP contribution in [0.5, 0.6) is 5.75 Å². The van der Waals surface area contributed by atoms with E-state index in [2.05, 4.69) is 5.32 Å². The number of benzene rings is 2. The van der Waals surface area contributed by atoms with Gasteiger partial charge in [-0.3, -0.25) is 9.59 Å². The fraction of sp³-hybridized carbons (Fsp3) is 0.481. The molecule has 1 saturated carbocycles. The SMILES string of the molecule is CC[C@H](C(=O)NC1CCCCC1)N(Cc1cccc(OC)c1)C(=O)CSCc1ccc(Cl)cc1Cl. The normalized spacial score (nSPS) is 14.9. The third kappa shape index (κ3) is 8.33. The lowest BCUT2D eigenvalue weighted by Gasteiger charge is -2.33. The van der Waals surface area contributed by atoms with Crippen molar-refractivity contribution in [2.45, 2.75) is 69.8 Å². The monoisotopic (exact) mass is 536 g/mol. The van der Waals surface area contributed by atoms with Gasteiger partial charge in [-0.25, -0.2) is 0 Å². The van der Waals surface area contributed by atoms with E-state index in [0.29, 0.717) is 28.8 Å². The summed E-state index contributed by atoms with van der Waals surface area (Å²) in [6.07, 6.45) is 6.05. The second kappa shape index (κ2) is 14.0. The van der Waals surface area contributed by atoms with E-state index >= 15 is 0 Å². The first-order valence-electron chi connectivity index (χ1n) is 12.2. The van der Waals surface area contributed by atoms with Crippen LogP contribution in [0, 0.1) is 0 Å². The number of hydrogen-bond donors (Lipinski definition) is 1. The van der Waals surface area contributed by atoms with Gasteiger partial charge in [0.1, 0.15) is 11.8 Å². The van der Waals surface area contributed by atoms with E-state index in [9.17, 15) is 9.59 Å². The minimum atomic E-state index is -0.532. The number of thioether (sulfide) groups is 1. The highest BCUT2D eigenvalue weighted by Gasteiger charge is 2.30. The molecule has 190 valence electrons. The molecule has 3 rings (SSSR count). The van der Waals surface area contributed by atoms with Gasteiger partial charge in [-0.15, -0.1) is 11.8 Å². The van der Waals surface area contributed by atoms with Gasteiger partial charge < -0.3 is 15.0 Å². The molecule has 1 atom stereocenters. The predicted octanol–water partition coefficient (Wildman–Crippen LogP) is 6.49. The molecule has 1 aliphatic carbocycles. The molecule has 1 aliphatic rings. The zero-order valence-electron chi connectivity index (χ0n) is 20.4. The van der Waals surface area contributed by atoms with E-state index in [0.717, 1.165) is 42.6 Å². The van der Waals surface area contributed by atoms with Gasteiger partial charge in [-0.05, 0) is 54.7 Å². The highest BCUT2D eigenvalue weighted by Crippen LogP contribution is 2.26. The van der Waals surface area contributed by atoms with Gasteiger partial charge in [-0.2, -0.15) is 0 Å². The molecular formula is C27H34Cl2N2O3S. The van der Waals surface area contributed by atoms with Gasteiger partial charge in [0.25, 0.3) is 0 Å². The summed E-state index contributed by atoms with van der Waals surface area (Å²) >= 11 is 13.8. The number of rotatable bonds is 11. The summed E-state index contributed by atoms with van der Waals surface area (Å²) in [5, 5.41) is 4.38. The molecule has 8 heteroatoms. The third-order valence-corrected chi connectivity index (χ3v) is 7.88. The molecular weight excluding hydrogens is 503 g/mol. The Morgan fingerprint density at radius 2 is 1.91 bits per heavy atom. The first-order valence-corrected chi connectivity index (χ1v) is 14.1. The zero-order valence-corrected chi connectivity index (χ0v) is 22.7. The van der Waals surface area contributed by atoms with Crippen LogP contribution in [0.1, 0.15) is 56.6 Å². The molecule has 0 aliphatic heterocycles. The maximum atomic E-state index is 13.5. The lowest BCUT2D eigenvalue weighted by Crippen LogP contribution is -2.52. The smallest absolute Gasteiger partial charge is 0.243 e. The number of carbonyl (C=O) groups is 2. The summed E-state index contributed by atoms with van der Waals surface area (Å²) in [6.45, 7) is 2.30. The van der Waals surface area contributed by atoms with Crippen LogP contribution in [-0.2, 0) is 21.9 Å². The minimum Gasteiger partial charge on any atom is -0.497 e. The van der Waals surface area contributed by atoms with Crippen molar-refractivity contribution in [3.8, 4) is 5.75 Å². The first kappa shape index (κ1) is 27.7. The van der Waals surface area contributed by atoms with Crippen molar-refractivity contribution in [2.24, 2.45) is 0 Å². The highest BCUT2D eigenvalue weighted by molar-refractivity contribution is 7.99. The summed E-state index contributed by atoms with van der Waals surface area (Å²) in [5.41, 5.74) is 1.85. The summed E-state index contributed by atoms with van der Waals surface area (Å²) < 4.78 is 5.36. The number of ether oxygens (including phenoxy) is 1. The Hall–Kier alpha value is -1.89. The Kier molecular flexibility index (Phi) is 11.1. The van der Waals surface area contributed by atoms with Crippen LogP contribution in [0.25, 0.3) is 0 Å². The first-order chi connectivity index (χ1) is 16.9. The molecule has 1 N–H and O–H groups in total. The molecule has 5 nitrogen and oxygen atoms in total. The molecule has 0 bridgehead atoms. The maximum Gasteiger partial charge on any atom is 0.243 e. The number of nitrogens with zero attached hydrogens (tertiary/aromatic N) is 1. The second-order valence-corrected chi connectivity index (χ2v) is 10.7. The topological polar surface area (TPSA) is 58.6 Å². The van der Waals surface area contributed by atoms with E-state index in [1.165, 1.54) is 18.2 Å². The molecule has 0 aromatic heterocycles. The lowest BCUT2D eigenvalue weighted by molar-refractivity contribution is -0.139. The maximum absolute atomic E-state index is 13.5.